The molecule has 2 aromatic rings. The second-order valence-corrected chi connectivity index (χ2v) is 8.95. The quantitative estimate of drug-likeness (QED) is 0.687. The van der Waals surface area contributed by atoms with E-state index >= 15 is 0 Å². The Labute approximate surface area is 196 Å². The number of aromatic amines is 1. The third-order valence-electron chi connectivity index (χ3n) is 6.33. The summed E-state index contributed by atoms with van der Waals surface area (Å²) >= 11 is 6.42. The minimum atomic E-state index is -0.395. The average molecular weight is 475 g/mol. The van der Waals surface area contributed by atoms with Gasteiger partial charge in [-0.15, -0.1) is 0 Å². The SMILES string of the molecule is COc1cc(C)[nH]c(=O)c1CNC(=O)c1cc(Cl)c2c(c1C)O[C@H](C1CCC(=O)CC1)CO2. The topological polar surface area (TPSA) is 107 Å². The number of ether oxygens (including phenoxy) is 3. The van der Waals surface area contributed by atoms with Crippen LogP contribution in [0.2, 0.25) is 5.02 Å². The highest BCUT2D eigenvalue weighted by molar-refractivity contribution is 6.32. The van der Waals surface area contributed by atoms with Gasteiger partial charge in [0.15, 0.2) is 11.5 Å². The molecule has 8 nitrogen and oxygen atoms in total. The van der Waals surface area contributed by atoms with Crippen molar-refractivity contribution in [2.75, 3.05) is 13.7 Å². The molecule has 0 radical (unpaired) electrons. The van der Waals surface area contributed by atoms with E-state index in [-0.39, 0.29) is 34.9 Å². The number of fused-ring (bicyclic) bond motifs is 1. The lowest BCUT2D eigenvalue weighted by Gasteiger charge is -2.35. The van der Waals surface area contributed by atoms with Gasteiger partial charge < -0.3 is 24.5 Å². The Balaban J connectivity index is 1.54. The summed E-state index contributed by atoms with van der Waals surface area (Å²) in [5, 5.41) is 3.05. The lowest BCUT2D eigenvalue weighted by Crippen LogP contribution is -2.38. The van der Waals surface area contributed by atoms with E-state index in [1.54, 1.807) is 26.0 Å². The summed E-state index contributed by atoms with van der Waals surface area (Å²) in [6, 6.07) is 3.25. The zero-order valence-corrected chi connectivity index (χ0v) is 19.6. The lowest BCUT2D eigenvalue weighted by atomic mass is 9.84. The maximum atomic E-state index is 13.0. The second-order valence-electron chi connectivity index (χ2n) is 8.54. The number of H-pyrrole nitrogens is 1. The van der Waals surface area contributed by atoms with Gasteiger partial charge in [0, 0.05) is 35.6 Å². The predicted octanol–water partition coefficient (Wildman–Crippen LogP) is 3.48. The van der Waals surface area contributed by atoms with Gasteiger partial charge in [-0.25, -0.2) is 0 Å². The molecule has 1 aliphatic carbocycles. The summed E-state index contributed by atoms with van der Waals surface area (Å²) < 4.78 is 17.5. The van der Waals surface area contributed by atoms with Crippen molar-refractivity contribution in [2.24, 2.45) is 5.92 Å². The van der Waals surface area contributed by atoms with Crippen molar-refractivity contribution in [2.45, 2.75) is 52.2 Å². The Kier molecular flexibility index (Phi) is 6.65. The Bertz CT molecular complexity index is 1150. The zero-order chi connectivity index (χ0) is 23.7. The molecule has 1 aromatic heterocycles. The number of Topliss-reactive ketones (excluding diaryl/α,β-unsaturated/α-hetero) is 1. The molecule has 33 heavy (non-hydrogen) atoms. The number of hydrogen-bond acceptors (Lipinski definition) is 6. The van der Waals surface area contributed by atoms with Gasteiger partial charge in [-0.3, -0.25) is 14.4 Å². The van der Waals surface area contributed by atoms with Crippen molar-refractivity contribution >= 4 is 23.3 Å². The molecule has 1 fully saturated rings. The zero-order valence-electron chi connectivity index (χ0n) is 18.9. The van der Waals surface area contributed by atoms with E-state index < -0.39 is 5.91 Å². The summed E-state index contributed by atoms with van der Waals surface area (Å²) in [5.74, 6) is 1.38. The number of aromatic nitrogens is 1. The Hall–Kier alpha value is -3.00. The van der Waals surface area contributed by atoms with E-state index in [2.05, 4.69) is 10.3 Å². The number of nitrogens with one attached hydrogen (secondary N) is 2. The number of carbonyl (C=O) groups excluding carboxylic acids is 2. The Morgan fingerprint density at radius 3 is 2.64 bits per heavy atom. The van der Waals surface area contributed by atoms with Gasteiger partial charge >= 0.3 is 0 Å². The number of hydrogen-bond donors (Lipinski definition) is 2. The molecule has 2 heterocycles. The summed E-state index contributed by atoms with van der Waals surface area (Å²) in [5.41, 5.74) is 1.61. The monoisotopic (exact) mass is 474 g/mol. The number of halogens is 1. The van der Waals surface area contributed by atoms with Crippen LogP contribution in [-0.4, -0.2) is 36.5 Å². The highest BCUT2D eigenvalue weighted by Crippen LogP contribution is 2.44. The number of benzene rings is 1. The highest BCUT2D eigenvalue weighted by atomic mass is 35.5. The van der Waals surface area contributed by atoms with Gasteiger partial charge in [0.1, 0.15) is 24.2 Å². The maximum absolute atomic E-state index is 13.0. The van der Waals surface area contributed by atoms with Gasteiger partial charge in [-0.1, -0.05) is 11.6 Å². The fraction of sp³-hybridized carbons (Fsp3) is 0.458. The van der Waals surface area contributed by atoms with Crippen LogP contribution >= 0.6 is 11.6 Å². The third-order valence-corrected chi connectivity index (χ3v) is 6.61. The van der Waals surface area contributed by atoms with Crippen LogP contribution in [0.4, 0.5) is 0 Å². The molecule has 4 rings (SSSR count). The number of carbonyl (C=O) groups is 2. The van der Waals surface area contributed by atoms with Gasteiger partial charge in [0.25, 0.3) is 11.5 Å². The van der Waals surface area contributed by atoms with E-state index in [1.807, 2.05) is 0 Å². The lowest BCUT2D eigenvalue weighted by molar-refractivity contribution is -0.121. The van der Waals surface area contributed by atoms with Crippen molar-refractivity contribution in [3.8, 4) is 17.2 Å². The summed E-state index contributed by atoms with van der Waals surface area (Å²) in [6.45, 7) is 3.87. The molecule has 1 aromatic carbocycles. The van der Waals surface area contributed by atoms with Gasteiger partial charge in [-0.2, -0.15) is 0 Å². The molecular weight excluding hydrogens is 448 g/mol. The standard InChI is InChI=1S/C24H27ClN2O6/c1-12-8-19(31-3)17(24(30)27-12)10-26-23(29)16-9-18(25)22-21(13(16)2)33-20(11-32-22)14-4-6-15(28)7-5-14/h8-9,14,20H,4-7,10-11H2,1-3H3,(H,26,29)(H,27,30)/t20-/m0/s1. The molecule has 2 N–H and O–H groups in total. The molecular formula is C24H27ClN2O6. The van der Waals surface area contributed by atoms with E-state index in [0.29, 0.717) is 59.1 Å². The van der Waals surface area contributed by atoms with E-state index in [4.69, 9.17) is 25.8 Å². The first-order chi connectivity index (χ1) is 15.8. The van der Waals surface area contributed by atoms with E-state index in [0.717, 1.165) is 12.8 Å². The number of pyridine rings is 1. The fourth-order valence-electron chi connectivity index (χ4n) is 4.43. The van der Waals surface area contributed by atoms with Crippen LogP contribution < -0.4 is 25.1 Å². The van der Waals surface area contributed by atoms with Crippen LogP contribution in [0.15, 0.2) is 16.9 Å². The molecule has 9 heteroatoms. The van der Waals surface area contributed by atoms with Crippen LogP contribution in [0.3, 0.4) is 0 Å². The average Bonchev–Trinajstić information content (AvgIpc) is 2.80. The van der Waals surface area contributed by atoms with Crippen molar-refractivity contribution in [1.29, 1.82) is 0 Å². The molecule has 1 saturated carbocycles. The minimum absolute atomic E-state index is 0.0121. The molecule has 1 amide bonds. The third kappa shape index (κ3) is 4.71. The first-order valence-corrected chi connectivity index (χ1v) is 11.4. The van der Waals surface area contributed by atoms with E-state index in [9.17, 15) is 14.4 Å². The predicted molar refractivity (Wildman–Crippen MR) is 123 cm³/mol. The van der Waals surface area contributed by atoms with Crippen molar-refractivity contribution in [1.82, 2.24) is 10.3 Å². The first kappa shape index (κ1) is 23.2. The normalized spacial score (nSPS) is 18.2. The summed E-state index contributed by atoms with van der Waals surface area (Å²) in [7, 11) is 1.48. The number of methoxy groups -OCH3 is 1. The van der Waals surface area contributed by atoms with Crippen molar-refractivity contribution in [3.05, 3.63) is 49.9 Å². The van der Waals surface area contributed by atoms with Gasteiger partial charge in [-0.05, 0) is 38.8 Å². The second kappa shape index (κ2) is 9.47. The molecule has 0 unspecified atom stereocenters. The number of ketones is 1. The fourth-order valence-corrected chi connectivity index (χ4v) is 4.68. The van der Waals surface area contributed by atoms with Gasteiger partial charge in [0.2, 0.25) is 0 Å². The smallest absolute Gasteiger partial charge is 0.256 e. The van der Waals surface area contributed by atoms with Crippen LogP contribution in [-0.2, 0) is 11.3 Å². The molecule has 0 saturated heterocycles. The Morgan fingerprint density at radius 1 is 1.21 bits per heavy atom. The molecule has 176 valence electrons. The van der Waals surface area contributed by atoms with Gasteiger partial charge in [0.05, 0.1) is 24.2 Å². The van der Waals surface area contributed by atoms with Crippen LogP contribution in [0.1, 0.15) is 52.9 Å². The van der Waals surface area contributed by atoms with Crippen LogP contribution in [0, 0.1) is 19.8 Å². The van der Waals surface area contributed by atoms with Crippen molar-refractivity contribution < 1.29 is 23.8 Å². The highest BCUT2D eigenvalue weighted by Gasteiger charge is 2.34. The summed E-state index contributed by atoms with van der Waals surface area (Å²) in [4.78, 5) is 39.6. The summed E-state index contributed by atoms with van der Waals surface area (Å²) in [6.07, 6.45) is 2.45. The molecule has 1 aliphatic heterocycles. The first-order valence-electron chi connectivity index (χ1n) is 11.0. The van der Waals surface area contributed by atoms with Crippen molar-refractivity contribution in [3.63, 3.8) is 0 Å². The van der Waals surface area contributed by atoms with Crippen LogP contribution in [0.5, 0.6) is 17.2 Å². The number of aryl methyl sites for hydroxylation is 1. The molecule has 2 aliphatic rings. The minimum Gasteiger partial charge on any atom is -0.496 e. The number of rotatable bonds is 5. The molecule has 1 atom stereocenters. The number of amides is 1. The van der Waals surface area contributed by atoms with E-state index in [1.165, 1.54) is 7.11 Å². The van der Waals surface area contributed by atoms with Crippen LogP contribution in [0.25, 0.3) is 0 Å². The Morgan fingerprint density at radius 2 is 1.94 bits per heavy atom. The largest absolute Gasteiger partial charge is 0.496 e. The molecule has 0 spiro atoms. The maximum Gasteiger partial charge on any atom is 0.256 e. The molecule has 0 bridgehead atoms.